The Labute approximate surface area is 486 Å². The molecule has 0 radical (unpaired) electrons. The molecule has 0 saturated carbocycles. The van der Waals surface area contributed by atoms with Crippen LogP contribution in [0.25, 0.3) is 0 Å². The summed E-state index contributed by atoms with van der Waals surface area (Å²) >= 11 is 12.3. The van der Waals surface area contributed by atoms with Crippen LogP contribution >= 0.6 is 37.9 Å². The molecule has 0 spiro atoms. The van der Waals surface area contributed by atoms with E-state index in [1.165, 1.54) is 24.3 Å². The van der Waals surface area contributed by atoms with Crippen molar-refractivity contribution in [3.8, 4) is 5.75 Å². The topological polar surface area (TPSA) is 542 Å². The molecule has 1 aromatic carbocycles. The molecule has 0 aromatic heterocycles. The van der Waals surface area contributed by atoms with Gasteiger partial charge in [0.25, 0.3) is 0 Å². The molecule has 1 heterocycles. The van der Waals surface area contributed by atoms with Crippen molar-refractivity contribution in [2.75, 3.05) is 36.9 Å². The van der Waals surface area contributed by atoms with E-state index < -0.39 is 162 Å². The van der Waals surface area contributed by atoms with E-state index in [2.05, 4.69) is 85.7 Å². The molecular formula is C47H73N15O17S3. The van der Waals surface area contributed by atoms with Gasteiger partial charge in [-0.15, -0.1) is 0 Å². The summed E-state index contributed by atoms with van der Waals surface area (Å²) in [6, 6.07) is -10.5. The van der Waals surface area contributed by atoms with E-state index in [1.807, 2.05) is 0 Å². The van der Waals surface area contributed by atoms with Gasteiger partial charge in [-0.05, 0) is 69.2 Å². The Bertz CT molecular complexity index is 2460. The fraction of sp³-hybridized carbons (Fsp3) is 0.574. The van der Waals surface area contributed by atoms with Gasteiger partial charge in [0.15, 0.2) is 5.96 Å². The Morgan fingerprint density at radius 3 is 1.52 bits per heavy atom. The zero-order chi connectivity index (χ0) is 61.8. The van der Waals surface area contributed by atoms with Crippen molar-refractivity contribution in [3.05, 3.63) is 29.8 Å². The van der Waals surface area contributed by atoms with E-state index >= 15 is 0 Å². The normalized spacial score (nSPS) is 16.1. The third-order valence-corrected chi connectivity index (χ3v) is 13.3. The maximum absolute atomic E-state index is 14.3. The summed E-state index contributed by atoms with van der Waals surface area (Å²) in [5, 5.41) is 66.8. The number of thiol groups is 3. The maximum Gasteiger partial charge on any atom is 0.326 e. The molecular weight excluding hydrogens is 1140 g/mol. The number of carbonyl (C=O) groups excluding carboxylic acids is 10. The number of carboxylic acid groups (broad SMARTS) is 3. The van der Waals surface area contributed by atoms with Crippen molar-refractivity contribution >= 4 is 121 Å². The fourth-order valence-electron chi connectivity index (χ4n) is 7.96. The molecule has 0 bridgehead atoms. The third-order valence-electron chi connectivity index (χ3n) is 12.2. The Hall–Kier alpha value is -7.63. The predicted octanol–water partition coefficient (Wildman–Crippen LogP) is -6.78. The van der Waals surface area contributed by atoms with Gasteiger partial charge in [0.2, 0.25) is 59.1 Å². The molecule has 1 aromatic rings. The van der Waals surface area contributed by atoms with E-state index in [4.69, 9.17) is 33.5 Å². The number of likely N-dealkylation sites (tertiary alicyclic amines) is 1. The van der Waals surface area contributed by atoms with Crippen LogP contribution < -0.4 is 70.8 Å². The van der Waals surface area contributed by atoms with Gasteiger partial charge in [0, 0.05) is 36.8 Å². The van der Waals surface area contributed by atoms with Crippen LogP contribution in [0.4, 0.5) is 0 Å². The smallest absolute Gasteiger partial charge is 0.326 e. The first-order valence-corrected chi connectivity index (χ1v) is 27.4. The number of rotatable bonds is 37. The number of hydrogen-bond acceptors (Lipinski definition) is 20. The van der Waals surface area contributed by atoms with E-state index in [0.717, 1.165) is 4.90 Å². The first-order chi connectivity index (χ1) is 38.6. The molecule has 10 atom stereocenters. The number of primary amides is 1. The summed E-state index contributed by atoms with van der Waals surface area (Å²) in [7, 11) is 0. The molecule has 22 N–H and O–H groups in total. The minimum atomic E-state index is -2.00. The van der Waals surface area contributed by atoms with Gasteiger partial charge >= 0.3 is 17.9 Å². The van der Waals surface area contributed by atoms with Gasteiger partial charge in [0.05, 0.1) is 25.3 Å². The number of carboxylic acids is 3. The standard InChI is InChI=1S/C47H73N15O17S3/c48-12-2-1-5-25(54-41(73)31(20-81)61-43(75)30(19-80)59-37(69)24(49)16-35(65)66)45(77)62-14-4-7-33(62)44(76)58-29(18-36(67)68)40(72)57-28(17-34(50)64)39(71)56-27(15-22-8-10-23(63)11-9-22)38(70)60-32(21-82)42(74)55-26(46(78)79)6-3-13-53-47(51)52/h8-11,24-33,63,80-82H,1-7,12-21,48-49H2,(H2,50,64)(H,54,73)(H,55,74)(H,56,71)(H,57,72)(H,58,76)(H,59,69)(H,60,70)(H,61,75)(H,65,66)(H,67,68)(H,78,79)(H4,51,52,53)/t24-,25-,26-,27-,28-,29-,30-,31-,32-,33-/m1/s1. The quantitative estimate of drug-likeness (QED) is 0.0127. The molecule has 456 valence electrons. The summed E-state index contributed by atoms with van der Waals surface area (Å²) in [5.41, 5.74) is 22.3. The van der Waals surface area contributed by atoms with Crippen LogP contribution in [-0.2, 0) is 68.7 Å². The zero-order valence-electron chi connectivity index (χ0n) is 44.3. The van der Waals surface area contributed by atoms with Crippen molar-refractivity contribution in [1.82, 2.24) is 52.8 Å². The average Bonchev–Trinajstić information content (AvgIpc) is 3.91. The van der Waals surface area contributed by atoms with E-state index in [9.17, 15) is 77.6 Å². The molecule has 2 rings (SSSR count). The van der Waals surface area contributed by atoms with Crippen LogP contribution in [0.15, 0.2) is 24.3 Å². The Morgan fingerprint density at radius 1 is 0.585 bits per heavy atom. The van der Waals surface area contributed by atoms with Gasteiger partial charge in [-0.2, -0.15) is 37.9 Å². The summed E-state index contributed by atoms with van der Waals surface area (Å²) in [5.74, 6) is -16.6. The van der Waals surface area contributed by atoms with Crippen molar-refractivity contribution in [1.29, 1.82) is 5.41 Å². The van der Waals surface area contributed by atoms with Crippen LogP contribution in [0.1, 0.15) is 69.8 Å². The van der Waals surface area contributed by atoms with Crippen LogP contribution in [0.5, 0.6) is 5.75 Å². The van der Waals surface area contributed by atoms with E-state index in [-0.39, 0.29) is 87.8 Å². The SMILES string of the molecule is N=C(N)NCCC[C@@H](NC(=O)[C@@H](CS)NC(=O)[C@@H](Cc1ccc(O)cc1)NC(=O)[C@@H](CC(N)=O)NC(=O)[C@@H](CC(=O)O)NC(=O)[C@H]1CCCN1C(=O)[C@@H](CCCCN)NC(=O)[C@@H](CS)NC(=O)[C@@H](CS)NC(=O)[C@H](N)CC(=O)O)C(=O)O. The van der Waals surface area contributed by atoms with Crippen molar-refractivity contribution in [2.24, 2.45) is 22.9 Å². The summed E-state index contributed by atoms with van der Waals surface area (Å²) in [6.07, 6.45) is -2.40. The molecule has 35 heteroatoms. The number of aliphatic carboxylic acids is 3. The van der Waals surface area contributed by atoms with Crippen molar-refractivity contribution in [2.45, 2.75) is 131 Å². The number of carbonyl (C=O) groups is 13. The molecule has 1 saturated heterocycles. The summed E-state index contributed by atoms with van der Waals surface area (Å²) in [6.45, 7) is 0.223. The first-order valence-electron chi connectivity index (χ1n) is 25.5. The maximum atomic E-state index is 14.3. The minimum Gasteiger partial charge on any atom is -0.508 e. The number of hydrogen-bond donors (Lipinski definition) is 21. The second-order valence-corrected chi connectivity index (χ2v) is 19.8. The Kier molecular flexibility index (Phi) is 30.9. The van der Waals surface area contributed by atoms with Gasteiger partial charge in [-0.1, -0.05) is 12.1 Å². The lowest BCUT2D eigenvalue weighted by molar-refractivity contribution is -0.144. The minimum absolute atomic E-state index is 0.0300. The highest BCUT2D eigenvalue weighted by Gasteiger charge is 2.41. The summed E-state index contributed by atoms with van der Waals surface area (Å²) in [4.78, 5) is 171. The molecule has 0 aliphatic carbocycles. The average molecular weight is 1220 g/mol. The first kappa shape index (κ1) is 70.5. The molecule has 32 nitrogen and oxygen atoms in total. The van der Waals surface area contributed by atoms with Crippen LogP contribution in [0.2, 0.25) is 0 Å². The third kappa shape index (κ3) is 24.6. The highest BCUT2D eigenvalue weighted by Crippen LogP contribution is 2.21. The molecule has 1 aliphatic rings. The number of nitrogens with zero attached hydrogens (tertiary/aromatic N) is 1. The van der Waals surface area contributed by atoms with Crippen LogP contribution in [0, 0.1) is 5.41 Å². The van der Waals surface area contributed by atoms with Gasteiger partial charge in [0.1, 0.15) is 60.1 Å². The lowest BCUT2D eigenvalue weighted by Crippen LogP contribution is -2.61. The number of amides is 10. The molecule has 82 heavy (non-hydrogen) atoms. The number of aromatic hydroxyl groups is 1. The number of phenolic OH excluding ortho intramolecular Hbond substituents is 1. The van der Waals surface area contributed by atoms with Crippen LogP contribution in [-0.4, -0.2) is 206 Å². The van der Waals surface area contributed by atoms with Crippen molar-refractivity contribution in [3.63, 3.8) is 0 Å². The number of unbranched alkanes of at least 4 members (excludes halogenated alkanes) is 1. The van der Waals surface area contributed by atoms with Gasteiger partial charge in [-0.3, -0.25) is 62.9 Å². The molecule has 10 amide bonds. The molecule has 1 fully saturated rings. The zero-order valence-corrected chi connectivity index (χ0v) is 47.0. The number of nitrogens with one attached hydrogen (secondary N) is 10. The number of guanidine groups is 1. The highest BCUT2D eigenvalue weighted by atomic mass is 32.1. The summed E-state index contributed by atoms with van der Waals surface area (Å²) < 4.78 is 0. The molecule has 1 aliphatic heterocycles. The number of nitrogens with two attached hydrogens (primary N) is 4. The lowest BCUT2D eigenvalue weighted by Gasteiger charge is -2.31. The van der Waals surface area contributed by atoms with Gasteiger partial charge < -0.3 is 96.1 Å². The largest absolute Gasteiger partial charge is 0.508 e. The van der Waals surface area contributed by atoms with E-state index in [1.54, 1.807) is 0 Å². The second-order valence-electron chi connectivity index (χ2n) is 18.7. The molecule has 0 unspecified atom stereocenters. The van der Waals surface area contributed by atoms with Crippen LogP contribution in [0.3, 0.4) is 0 Å². The Morgan fingerprint density at radius 2 is 1.04 bits per heavy atom. The van der Waals surface area contributed by atoms with Gasteiger partial charge in [-0.25, -0.2) is 4.79 Å². The number of benzene rings is 1. The lowest BCUT2D eigenvalue weighted by atomic mass is 10.0. The Balaban J connectivity index is 2.37. The second kappa shape index (κ2) is 36.0. The number of phenols is 1. The fourth-order valence-corrected chi connectivity index (χ4v) is 8.73. The highest BCUT2D eigenvalue weighted by molar-refractivity contribution is 7.80. The van der Waals surface area contributed by atoms with Crippen molar-refractivity contribution < 1.29 is 82.8 Å². The predicted molar refractivity (Wildman–Crippen MR) is 300 cm³/mol. The van der Waals surface area contributed by atoms with E-state index in [0.29, 0.717) is 12.0 Å². The monoisotopic (exact) mass is 1220 g/mol.